The van der Waals surface area contributed by atoms with Gasteiger partial charge in [-0.15, -0.1) is 0 Å². The van der Waals surface area contributed by atoms with E-state index in [4.69, 9.17) is 23.7 Å². The summed E-state index contributed by atoms with van der Waals surface area (Å²) >= 11 is 0. The summed E-state index contributed by atoms with van der Waals surface area (Å²) < 4.78 is 27.8. The van der Waals surface area contributed by atoms with Crippen molar-refractivity contribution in [1.82, 2.24) is 4.90 Å². The van der Waals surface area contributed by atoms with Gasteiger partial charge in [-0.25, -0.2) is 0 Å². The quantitative estimate of drug-likeness (QED) is 0.610. The van der Waals surface area contributed by atoms with E-state index in [0.717, 1.165) is 42.5 Å². The number of benzene rings is 2. The van der Waals surface area contributed by atoms with Gasteiger partial charge in [0.1, 0.15) is 11.8 Å². The van der Waals surface area contributed by atoms with Crippen LogP contribution in [0.5, 0.6) is 28.7 Å². The molecule has 2 aromatic rings. The molecule has 0 saturated carbocycles. The maximum atomic E-state index is 10.3. The predicted octanol–water partition coefficient (Wildman–Crippen LogP) is 4.62. The number of nitrogens with zero attached hydrogens (tertiary/aromatic N) is 2. The predicted molar refractivity (Wildman–Crippen MR) is 125 cm³/mol. The van der Waals surface area contributed by atoms with Crippen LogP contribution in [-0.2, 0) is 0 Å². The van der Waals surface area contributed by atoms with Crippen molar-refractivity contribution in [3.63, 3.8) is 0 Å². The minimum Gasteiger partial charge on any atom is -0.493 e. The van der Waals surface area contributed by atoms with Crippen LogP contribution in [0.3, 0.4) is 0 Å². The number of methoxy groups -OCH3 is 5. The molecular weight excluding hydrogens is 420 g/mol. The summed E-state index contributed by atoms with van der Waals surface area (Å²) in [5.41, 5.74) is 3.63. The Kier molecular flexibility index (Phi) is 6.55. The third-order valence-electron chi connectivity index (χ3n) is 6.67. The Morgan fingerprint density at radius 3 is 2.09 bits per heavy atom. The van der Waals surface area contributed by atoms with Crippen molar-refractivity contribution >= 4 is 5.57 Å². The molecule has 33 heavy (non-hydrogen) atoms. The zero-order chi connectivity index (χ0) is 23.5. The third-order valence-corrected chi connectivity index (χ3v) is 6.67. The minimum absolute atomic E-state index is 0.00149. The van der Waals surface area contributed by atoms with E-state index < -0.39 is 0 Å². The minimum atomic E-state index is 0.00149. The fourth-order valence-corrected chi connectivity index (χ4v) is 5.16. The van der Waals surface area contributed by atoms with E-state index in [1.54, 1.807) is 35.5 Å². The van der Waals surface area contributed by atoms with E-state index in [9.17, 15) is 5.26 Å². The average molecular weight is 451 g/mol. The standard InChI is InChI=1S/C26H30N2O5/c1-29-21-9-8-16(11-22(21)30-2)19-14-18-7-6-10-28(18)20(15-27)25(19)17-12-23(31-3)26(33-5)24(13-17)32-4/h8-9,11-13,18-19H,6-7,10,14H2,1-5H3. The smallest absolute Gasteiger partial charge is 0.203 e. The summed E-state index contributed by atoms with van der Waals surface area (Å²) in [6, 6.07) is 12.7. The molecule has 7 heteroatoms. The van der Waals surface area contributed by atoms with E-state index >= 15 is 0 Å². The molecule has 2 unspecified atom stereocenters. The van der Waals surface area contributed by atoms with Gasteiger partial charge in [-0.05, 0) is 54.7 Å². The SMILES string of the molecule is COc1ccc(C2CC3CCCN3C(C#N)=C2c2cc(OC)c(OC)c(OC)c2)cc1OC. The van der Waals surface area contributed by atoms with E-state index in [1.807, 2.05) is 24.3 Å². The Bertz CT molecular complexity index is 1080. The lowest BCUT2D eigenvalue weighted by Gasteiger charge is -2.38. The second kappa shape index (κ2) is 9.53. The van der Waals surface area contributed by atoms with Gasteiger partial charge in [0.2, 0.25) is 5.75 Å². The van der Waals surface area contributed by atoms with Crippen molar-refractivity contribution in [3.8, 4) is 34.8 Å². The van der Waals surface area contributed by atoms with Crippen LogP contribution in [-0.4, -0.2) is 53.0 Å². The molecule has 0 spiro atoms. The molecule has 0 aromatic heterocycles. The van der Waals surface area contributed by atoms with Crippen molar-refractivity contribution in [2.45, 2.75) is 31.2 Å². The molecule has 2 aromatic carbocycles. The first-order chi connectivity index (χ1) is 16.1. The number of allylic oxidation sites excluding steroid dienone is 2. The molecule has 1 fully saturated rings. The number of nitriles is 1. The molecule has 0 aliphatic carbocycles. The van der Waals surface area contributed by atoms with Crippen LogP contribution >= 0.6 is 0 Å². The lowest BCUT2D eigenvalue weighted by molar-refractivity contribution is 0.292. The van der Waals surface area contributed by atoms with Gasteiger partial charge < -0.3 is 28.6 Å². The highest BCUT2D eigenvalue weighted by atomic mass is 16.5. The maximum absolute atomic E-state index is 10.3. The molecule has 2 aliphatic rings. The maximum Gasteiger partial charge on any atom is 0.203 e. The first kappa shape index (κ1) is 22.7. The van der Waals surface area contributed by atoms with E-state index in [0.29, 0.717) is 40.5 Å². The Labute approximate surface area is 195 Å². The Hall–Kier alpha value is -3.53. The summed E-state index contributed by atoms with van der Waals surface area (Å²) in [4.78, 5) is 2.26. The monoisotopic (exact) mass is 450 g/mol. The Morgan fingerprint density at radius 1 is 0.848 bits per heavy atom. The zero-order valence-electron chi connectivity index (χ0n) is 19.8. The van der Waals surface area contributed by atoms with E-state index in [-0.39, 0.29) is 5.92 Å². The van der Waals surface area contributed by atoms with Crippen LogP contribution in [0.15, 0.2) is 36.0 Å². The molecule has 0 bridgehead atoms. The molecule has 0 N–H and O–H groups in total. The molecule has 0 radical (unpaired) electrons. The van der Waals surface area contributed by atoms with Crippen molar-refractivity contribution < 1.29 is 23.7 Å². The molecule has 0 amide bonds. The molecule has 2 atom stereocenters. The fraction of sp³-hybridized carbons (Fsp3) is 0.423. The fourth-order valence-electron chi connectivity index (χ4n) is 5.16. The van der Waals surface area contributed by atoms with Gasteiger partial charge in [-0.2, -0.15) is 5.26 Å². The Morgan fingerprint density at radius 2 is 1.52 bits per heavy atom. The number of ether oxygens (including phenoxy) is 5. The molecule has 174 valence electrons. The topological polar surface area (TPSA) is 73.2 Å². The summed E-state index contributed by atoms with van der Waals surface area (Å²) in [5.74, 6) is 3.00. The third kappa shape index (κ3) is 3.91. The van der Waals surface area contributed by atoms with Crippen LogP contribution in [0.1, 0.15) is 36.3 Å². The van der Waals surface area contributed by atoms with E-state index in [1.165, 1.54) is 0 Å². The number of fused-ring (bicyclic) bond motifs is 1. The summed E-state index contributed by atoms with van der Waals surface area (Å²) in [6.45, 7) is 0.889. The van der Waals surface area contributed by atoms with Crippen LogP contribution in [0.2, 0.25) is 0 Å². The van der Waals surface area contributed by atoms with Crippen LogP contribution in [0, 0.1) is 11.3 Å². The molecule has 2 aliphatic heterocycles. The van der Waals surface area contributed by atoms with Crippen LogP contribution < -0.4 is 23.7 Å². The highest BCUT2D eigenvalue weighted by molar-refractivity contribution is 5.80. The number of hydrogen-bond donors (Lipinski definition) is 0. The van der Waals surface area contributed by atoms with Crippen molar-refractivity contribution in [2.24, 2.45) is 0 Å². The Balaban J connectivity index is 1.94. The highest BCUT2D eigenvalue weighted by Gasteiger charge is 2.39. The molecule has 4 rings (SSSR count). The zero-order valence-corrected chi connectivity index (χ0v) is 19.8. The highest BCUT2D eigenvalue weighted by Crippen LogP contribution is 2.50. The van der Waals surface area contributed by atoms with Crippen molar-refractivity contribution in [2.75, 3.05) is 42.1 Å². The normalized spacial score (nSPS) is 19.6. The van der Waals surface area contributed by atoms with Gasteiger partial charge in [0.15, 0.2) is 23.0 Å². The summed E-state index contributed by atoms with van der Waals surface area (Å²) in [6.07, 6.45) is 3.07. The van der Waals surface area contributed by atoms with Gasteiger partial charge in [0.05, 0.1) is 35.5 Å². The van der Waals surface area contributed by atoms with Crippen molar-refractivity contribution in [1.29, 1.82) is 5.26 Å². The van der Waals surface area contributed by atoms with Gasteiger partial charge in [-0.1, -0.05) is 6.07 Å². The molecule has 2 heterocycles. The largest absolute Gasteiger partial charge is 0.493 e. The summed E-state index contributed by atoms with van der Waals surface area (Å²) in [7, 11) is 8.05. The number of rotatable bonds is 7. The second-order valence-corrected chi connectivity index (χ2v) is 8.18. The first-order valence-corrected chi connectivity index (χ1v) is 11.0. The second-order valence-electron chi connectivity index (χ2n) is 8.18. The van der Waals surface area contributed by atoms with Gasteiger partial charge >= 0.3 is 0 Å². The van der Waals surface area contributed by atoms with Gasteiger partial charge in [0, 0.05) is 24.1 Å². The van der Waals surface area contributed by atoms with Crippen LogP contribution in [0.4, 0.5) is 0 Å². The van der Waals surface area contributed by atoms with Crippen LogP contribution in [0.25, 0.3) is 5.57 Å². The van der Waals surface area contributed by atoms with Crippen molar-refractivity contribution in [3.05, 3.63) is 47.2 Å². The average Bonchev–Trinajstić information content (AvgIpc) is 3.34. The first-order valence-electron chi connectivity index (χ1n) is 11.0. The molecular formula is C26H30N2O5. The summed E-state index contributed by atoms with van der Waals surface area (Å²) in [5, 5.41) is 10.3. The van der Waals surface area contributed by atoms with Gasteiger partial charge in [0.25, 0.3) is 0 Å². The lowest BCUT2D eigenvalue weighted by Crippen LogP contribution is -2.35. The lowest BCUT2D eigenvalue weighted by atomic mass is 9.78. The number of hydrogen-bond acceptors (Lipinski definition) is 7. The molecule has 7 nitrogen and oxygen atoms in total. The van der Waals surface area contributed by atoms with E-state index in [2.05, 4.69) is 17.0 Å². The van der Waals surface area contributed by atoms with Gasteiger partial charge in [-0.3, -0.25) is 0 Å². The molecule has 1 saturated heterocycles.